The average Bonchev–Trinajstić information content (AvgIpc) is 2.61. The van der Waals surface area contributed by atoms with Gasteiger partial charge in [-0.05, 0) is 66.5 Å². The lowest BCUT2D eigenvalue weighted by Gasteiger charge is -2.42. The average molecular weight is 408 g/mol. The molecule has 0 spiro atoms. The maximum atomic E-state index is 13.8. The van der Waals surface area contributed by atoms with Crippen molar-refractivity contribution in [3.8, 4) is 0 Å². The lowest BCUT2D eigenvalue weighted by molar-refractivity contribution is 0.308. The third-order valence-corrected chi connectivity index (χ3v) is 8.26. The van der Waals surface area contributed by atoms with Gasteiger partial charge in [-0.3, -0.25) is 0 Å². The summed E-state index contributed by atoms with van der Waals surface area (Å²) in [6.07, 6.45) is 3.12. The molecule has 0 N–H and O–H groups in total. The highest BCUT2D eigenvalue weighted by atomic mass is 32.2. The fraction of sp³-hybridized carbons (Fsp3) is 0.360. The molecule has 0 bridgehead atoms. The van der Waals surface area contributed by atoms with E-state index in [0.29, 0.717) is 11.4 Å². The van der Waals surface area contributed by atoms with Crippen LogP contribution in [0.2, 0.25) is 0 Å². The highest BCUT2D eigenvalue weighted by Crippen LogP contribution is 2.46. The summed E-state index contributed by atoms with van der Waals surface area (Å²) in [5, 5.41) is 0. The maximum absolute atomic E-state index is 13.8. The first kappa shape index (κ1) is 20.1. The Morgan fingerprint density at radius 3 is 2.17 bits per heavy atom. The monoisotopic (exact) mass is 407 g/mol. The molecule has 2 aliphatic rings. The van der Waals surface area contributed by atoms with Gasteiger partial charge in [-0.15, -0.1) is 0 Å². The summed E-state index contributed by atoms with van der Waals surface area (Å²) in [5.41, 5.74) is 7.70. The van der Waals surface area contributed by atoms with Crippen molar-refractivity contribution in [1.29, 1.82) is 0 Å². The second-order valence-corrected chi connectivity index (χ2v) is 10.5. The molecule has 0 saturated heterocycles. The van der Waals surface area contributed by atoms with E-state index < -0.39 is 10.0 Å². The molecule has 0 aromatic heterocycles. The Morgan fingerprint density at radius 2 is 1.59 bits per heavy atom. The fourth-order valence-corrected chi connectivity index (χ4v) is 6.86. The van der Waals surface area contributed by atoms with Crippen LogP contribution in [0, 0.1) is 26.7 Å². The topological polar surface area (TPSA) is 37.4 Å². The Bertz CT molecular complexity index is 1100. The van der Waals surface area contributed by atoms with Crippen LogP contribution in [0.4, 0.5) is 0 Å². The summed E-state index contributed by atoms with van der Waals surface area (Å²) in [6.45, 7) is 10.5. The van der Waals surface area contributed by atoms with Crippen molar-refractivity contribution in [3.05, 3.63) is 81.9 Å². The van der Waals surface area contributed by atoms with Crippen LogP contribution in [0.5, 0.6) is 0 Å². The number of nitrogens with zero attached hydrogens (tertiary/aromatic N) is 1. The van der Waals surface area contributed by atoms with Gasteiger partial charge in [0.1, 0.15) is 0 Å². The van der Waals surface area contributed by atoms with Gasteiger partial charge in [0.2, 0.25) is 10.0 Å². The molecule has 2 aromatic carbocycles. The minimum absolute atomic E-state index is 0.115. The standard InChI is InChI=1S/C25H29NO2S/c1-16(2)24-14-21-13-22(20-9-7-6-8-10-20)23(21)15-26(24)29(27,28)25-18(4)11-17(3)12-19(25)5/h6-12,14,16,24H,13,15H2,1-5H3/t24-/m1/s1. The van der Waals surface area contributed by atoms with Gasteiger partial charge in [0.15, 0.2) is 0 Å². The predicted octanol–water partition coefficient (Wildman–Crippen LogP) is 5.42. The van der Waals surface area contributed by atoms with E-state index in [0.717, 1.165) is 23.1 Å². The smallest absolute Gasteiger partial charge is 0.207 e. The molecule has 4 rings (SSSR count). The molecule has 0 fully saturated rings. The minimum atomic E-state index is -3.61. The van der Waals surface area contributed by atoms with E-state index in [1.165, 1.54) is 22.3 Å². The zero-order valence-electron chi connectivity index (χ0n) is 17.9. The van der Waals surface area contributed by atoms with E-state index in [-0.39, 0.29) is 12.0 Å². The molecule has 4 heteroatoms. The van der Waals surface area contributed by atoms with Gasteiger partial charge in [0, 0.05) is 12.6 Å². The van der Waals surface area contributed by atoms with Gasteiger partial charge >= 0.3 is 0 Å². The first-order chi connectivity index (χ1) is 13.7. The van der Waals surface area contributed by atoms with Crippen LogP contribution in [0.3, 0.4) is 0 Å². The van der Waals surface area contributed by atoms with Gasteiger partial charge in [0.05, 0.1) is 4.90 Å². The predicted molar refractivity (Wildman–Crippen MR) is 119 cm³/mol. The summed E-state index contributed by atoms with van der Waals surface area (Å²) >= 11 is 0. The van der Waals surface area contributed by atoms with E-state index in [4.69, 9.17) is 0 Å². The number of rotatable bonds is 4. The van der Waals surface area contributed by atoms with Crippen LogP contribution in [0.1, 0.15) is 42.5 Å². The van der Waals surface area contributed by atoms with E-state index in [1.54, 1.807) is 4.31 Å². The van der Waals surface area contributed by atoms with Crippen molar-refractivity contribution in [2.75, 3.05) is 6.54 Å². The second-order valence-electron chi connectivity index (χ2n) is 8.70. The highest BCUT2D eigenvalue weighted by molar-refractivity contribution is 7.89. The van der Waals surface area contributed by atoms with Gasteiger partial charge < -0.3 is 0 Å². The second kappa shape index (κ2) is 7.26. The fourth-order valence-electron chi connectivity index (χ4n) is 4.77. The van der Waals surface area contributed by atoms with Gasteiger partial charge in [-0.25, -0.2) is 8.42 Å². The Morgan fingerprint density at radius 1 is 0.966 bits per heavy atom. The number of aryl methyl sites for hydroxylation is 3. The van der Waals surface area contributed by atoms with Crippen molar-refractivity contribution < 1.29 is 8.42 Å². The van der Waals surface area contributed by atoms with E-state index >= 15 is 0 Å². The molecule has 3 nitrogen and oxygen atoms in total. The molecule has 0 saturated carbocycles. The van der Waals surface area contributed by atoms with Crippen molar-refractivity contribution in [2.45, 2.75) is 52.0 Å². The van der Waals surface area contributed by atoms with Crippen LogP contribution in [-0.2, 0) is 10.0 Å². The quantitative estimate of drug-likeness (QED) is 0.678. The Labute approximate surface area is 174 Å². The lowest BCUT2D eigenvalue weighted by atomic mass is 9.75. The number of benzene rings is 2. The van der Waals surface area contributed by atoms with E-state index in [2.05, 4.69) is 32.1 Å². The first-order valence-corrected chi connectivity index (χ1v) is 11.7. The van der Waals surface area contributed by atoms with E-state index in [1.807, 2.05) is 51.1 Å². The molecule has 152 valence electrons. The summed E-state index contributed by atoms with van der Waals surface area (Å²) in [4.78, 5) is 0.465. The van der Waals surface area contributed by atoms with Crippen LogP contribution in [0.25, 0.3) is 5.57 Å². The normalized spacial score (nSPS) is 19.8. The molecule has 1 aliphatic heterocycles. The zero-order chi connectivity index (χ0) is 20.9. The van der Waals surface area contributed by atoms with Crippen LogP contribution in [-0.4, -0.2) is 25.3 Å². The maximum Gasteiger partial charge on any atom is 0.244 e. The highest BCUT2D eigenvalue weighted by Gasteiger charge is 2.41. The van der Waals surface area contributed by atoms with Crippen molar-refractivity contribution in [3.63, 3.8) is 0 Å². The molecule has 29 heavy (non-hydrogen) atoms. The Kier molecular flexibility index (Phi) is 5.04. The SMILES string of the molecule is Cc1cc(C)c(S(=O)(=O)N2CC3=C(c4ccccc4)CC3=C[C@@H]2C(C)C)c(C)c1. The van der Waals surface area contributed by atoms with Crippen LogP contribution < -0.4 is 0 Å². The summed E-state index contributed by atoms with van der Waals surface area (Å²) in [5.74, 6) is 0.214. The van der Waals surface area contributed by atoms with Gasteiger partial charge in [-0.1, -0.05) is 68.0 Å². The summed E-state index contributed by atoms with van der Waals surface area (Å²) < 4.78 is 29.4. The number of hydrogen-bond donors (Lipinski definition) is 0. The number of allylic oxidation sites excluding steroid dienone is 1. The molecule has 1 heterocycles. The summed E-state index contributed by atoms with van der Waals surface area (Å²) in [6, 6.07) is 14.1. The molecule has 0 amide bonds. The molecule has 0 unspecified atom stereocenters. The number of hydrogen-bond acceptors (Lipinski definition) is 2. The first-order valence-electron chi connectivity index (χ1n) is 10.3. The summed E-state index contributed by atoms with van der Waals surface area (Å²) in [7, 11) is -3.61. The van der Waals surface area contributed by atoms with Crippen molar-refractivity contribution in [1.82, 2.24) is 4.31 Å². The third kappa shape index (κ3) is 3.38. The van der Waals surface area contributed by atoms with Crippen molar-refractivity contribution in [2.24, 2.45) is 5.92 Å². The number of sulfonamides is 1. The van der Waals surface area contributed by atoms with Crippen LogP contribution in [0.15, 0.2) is 64.6 Å². The van der Waals surface area contributed by atoms with Crippen molar-refractivity contribution >= 4 is 15.6 Å². The minimum Gasteiger partial charge on any atom is -0.207 e. The molecule has 1 atom stereocenters. The lowest BCUT2D eigenvalue weighted by Crippen LogP contribution is -2.47. The molecule has 0 radical (unpaired) electrons. The Balaban J connectivity index is 1.82. The van der Waals surface area contributed by atoms with E-state index in [9.17, 15) is 8.42 Å². The molecular weight excluding hydrogens is 378 g/mol. The Hall–Kier alpha value is -2.17. The van der Waals surface area contributed by atoms with Gasteiger partial charge in [0.25, 0.3) is 0 Å². The van der Waals surface area contributed by atoms with Gasteiger partial charge in [-0.2, -0.15) is 4.31 Å². The molecular formula is C25H29NO2S. The number of fused-ring (bicyclic) bond motifs is 1. The molecule has 1 aliphatic carbocycles. The third-order valence-electron chi connectivity index (χ3n) is 6.11. The molecule has 2 aromatic rings. The largest absolute Gasteiger partial charge is 0.244 e. The zero-order valence-corrected chi connectivity index (χ0v) is 18.7. The van der Waals surface area contributed by atoms with Crippen LogP contribution >= 0.6 is 0 Å².